The third-order valence-corrected chi connectivity index (χ3v) is 5.54. The molecule has 2 aromatic carbocycles. The Labute approximate surface area is 157 Å². The second kappa shape index (κ2) is 8.53. The number of nitrogens with zero attached hydrogens (tertiary/aromatic N) is 2. The highest BCUT2D eigenvalue weighted by Gasteiger charge is 2.10. The van der Waals surface area contributed by atoms with Crippen LogP contribution < -0.4 is 9.46 Å². The van der Waals surface area contributed by atoms with Gasteiger partial charge in [0.25, 0.3) is 0 Å². The third-order valence-electron chi connectivity index (χ3n) is 3.87. The standard InChI is InChI=1S/C18H20ClN3O3S/c19-17-8-4-9-18-16(17)14-20-22(18)11-5-10-21-26(23,24)13-12-25-15-6-2-1-3-7-15/h1-4,6-9,14,21H,5,10-13H2. The molecular weight excluding hydrogens is 374 g/mol. The highest BCUT2D eigenvalue weighted by Crippen LogP contribution is 2.22. The number of benzene rings is 2. The average molecular weight is 394 g/mol. The fourth-order valence-electron chi connectivity index (χ4n) is 2.56. The summed E-state index contributed by atoms with van der Waals surface area (Å²) in [6.45, 7) is 1.06. The molecule has 3 aromatic rings. The van der Waals surface area contributed by atoms with E-state index < -0.39 is 10.0 Å². The number of sulfonamides is 1. The van der Waals surface area contributed by atoms with Gasteiger partial charge in [-0.15, -0.1) is 0 Å². The zero-order valence-corrected chi connectivity index (χ0v) is 15.7. The number of halogens is 1. The lowest BCUT2D eigenvalue weighted by molar-refractivity contribution is 0.340. The van der Waals surface area contributed by atoms with Crippen molar-refractivity contribution in [2.45, 2.75) is 13.0 Å². The molecule has 6 nitrogen and oxygen atoms in total. The van der Waals surface area contributed by atoms with E-state index >= 15 is 0 Å². The van der Waals surface area contributed by atoms with Crippen LogP contribution in [-0.4, -0.2) is 37.1 Å². The number of hydrogen-bond donors (Lipinski definition) is 1. The van der Waals surface area contributed by atoms with Crippen molar-refractivity contribution in [1.29, 1.82) is 0 Å². The van der Waals surface area contributed by atoms with Crippen LogP contribution in [0.5, 0.6) is 5.75 Å². The van der Waals surface area contributed by atoms with Gasteiger partial charge in [-0.1, -0.05) is 35.9 Å². The summed E-state index contributed by atoms with van der Waals surface area (Å²) in [5.41, 5.74) is 0.941. The molecule has 0 fully saturated rings. The first-order chi connectivity index (χ1) is 12.6. The molecule has 8 heteroatoms. The number of aromatic nitrogens is 2. The fourth-order valence-corrected chi connectivity index (χ4v) is 3.68. The van der Waals surface area contributed by atoms with Gasteiger partial charge in [0.2, 0.25) is 10.0 Å². The summed E-state index contributed by atoms with van der Waals surface area (Å²) in [6, 6.07) is 14.8. The molecule has 0 unspecified atom stereocenters. The molecule has 0 aliphatic rings. The normalized spacial score (nSPS) is 11.7. The Balaban J connectivity index is 1.42. The van der Waals surface area contributed by atoms with Crippen LogP contribution in [0.25, 0.3) is 10.9 Å². The highest BCUT2D eigenvalue weighted by atomic mass is 35.5. The molecule has 0 saturated carbocycles. The zero-order valence-electron chi connectivity index (χ0n) is 14.1. The number of aryl methyl sites for hydroxylation is 1. The Morgan fingerprint density at radius 1 is 1.12 bits per heavy atom. The number of para-hydroxylation sites is 1. The fraction of sp³-hybridized carbons (Fsp3) is 0.278. The molecule has 1 heterocycles. The molecule has 3 rings (SSSR count). The van der Waals surface area contributed by atoms with Crippen LogP contribution in [0.2, 0.25) is 5.02 Å². The Morgan fingerprint density at radius 2 is 1.92 bits per heavy atom. The van der Waals surface area contributed by atoms with E-state index in [9.17, 15) is 8.42 Å². The number of nitrogens with one attached hydrogen (secondary N) is 1. The first kappa shape index (κ1) is 18.7. The van der Waals surface area contributed by atoms with Gasteiger partial charge in [-0.25, -0.2) is 13.1 Å². The van der Waals surface area contributed by atoms with Crippen LogP contribution in [0, 0.1) is 0 Å². The van der Waals surface area contributed by atoms with Gasteiger partial charge in [-0.05, 0) is 30.7 Å². The van der Waals surface area contributed by atoms with E-state index in [2.05, 4.69) is 9.82 Å². The van der Waals surface area contributed by atoms with E-state index in [0.717, 1.165) is 10.9 Å². The van der Waals surface area contributed by atoms with Gasteiger partial charge in [0.05, 0.1) is 22.5 Å². The van der Waals surface area contributed by atoms with Crippen LogP contribution in [-0.2, 0) is 16.6 Å². The van der Waals surface area contributed by atoms with Crippen LogP contribution in [0.1, 0.15) is 6.42 Å². The molecule has 0 bridgehead atoms. The maximum Gasteiger partial charge on any atom is 0.214 e. The van der Waals surface area contributed by atoms with Crippen molar-refractivity contribution in [3.63, 3.8) is 0 Å². The van der Waals surface area contributed by atoms with Gasteiger partial charge < -0.3 is 4.74 Å². The summed E-state index contributed by atoms with van der Waals surface area (Å²) in [6.07, 6.45) is 2.35. The highest BCUT2D eigenvalue weighted by molar-refractivity contribution is 7.89. The predicted molar refractivity (Wildman–Crippen MR) is 103 cm³/mol. The van der Waals surface area contributed by atoms with Gasteiger partial charge in [-0.2, -0.15) is 5.10 Å². The zero-order chi connectivity index (χ0) is 18.4. The topological polar surface area (TPSA) is 73.2 Å². The maximum atomic E-state index is 12.0. The van der Waals surface area contributed by atoms with Crippen molar-refractivity contribution in [1.82, 2.24) is 14.5 Å². The van der Waals surface area contributed by atoms with Crippen molar-refractivity contribution in [3.8, 4) is 5.75 Å². The Kier molecular flexibility index (Phi) is 6.13. The van der Waals surface area contributed by atoms with Crippen molar-refractivity contribution in [2.75, 3.05) is 18.9 Å². The number of rotatable bonds is 9. The minimum absolute atomic E-state index is 0.0811. The average Bonchev–Trinajstić information content (AvgIpc) is 3.04. The van der Waals surface area contributed by atoms with Crippen LogP contribution in [0.3, 0.4) is 0 Å². The van der Waals surface area contributed by atoms with Gasteiger partial charge in [0.15, 0.2) is 0 Å². The van der Waals surface area contributed by atoms with Gasteiger partial charge in [0, 0.05) is 18.5 Å². The van der Waals surface area contributed by atoms with E-state index in [1.54, 1.807) is 18.3 Å². The first-order valence-electron chi connectivity index (χ1n) is 8.30. The Bertz CT molecular complexity index is 958. The summed E-state index contributed by atoms with van der Waals surface area (Å²) in [7, 11) is -3.37. The van der Waals surface area contributed by atoms with Crippen LogP contribution in [0.4, 0.5) is 0 Å². The molecule has 0 radical (unpaired) electrons. The molecule has 0 aliphatic carbocycles. The van der Waals surface area contributed by atoms with E-state index in [0.29, 0.717) is 30.3 Å². The molecule has 0 spiro atoms. The molecular formula is C18H20ClN3O3S. The van der Waals surface area contributed by atoms with Gasteiger partial charge in [-0.3, -0.25) is 4.68 Å². The van der Waals surface area contributed by atoms with E-state index in [1.807, 2.05) is 41.1 Å². The van der Waals surface area contributed by atoms with E-state index in [-0.39, 0.29) is 12.4 Å². The second-order valence-corrected chi connectivity index (χ2v) is 8.10. The maximum absolute atomic E-state index is 12.0. The Hall–Kier alpha value is -2.09. The minimum atomic E-state index is -3.37. The summed E-state index contributed by atoms with van der Waals surface area (Å²) >= 11 is 6.13. The Morgan fingerprint density at radius 3 is 2.73 bits per heavy atom. The van der Waals surface area contributed by atoms with Crippen LogP contribution in [0.15, 0.2) is 54.7 Å². The second-order valence-electron chi connectivity index (χ2n) is 5.77. The quantitative estimate of drug-likeness (QED) is 0.567. The van der Waals surface area contributed by atoms with Crippen molar-refractivity contribution in [3.05, 3.63) is 59.8 Å². The van der Waals surface area contributed by atoms with Crippen molar-refractivity contribution in [2.24, 2.45) is 0 Å². The molecule has 1 aromatic heterocycles. The SMILES string of the molecule is O=S(=O)(CCOc1ccccc1)NCCCn1ncc2c(Cl)cccc21. The van der Waals surface area contributed by atoms with Crippen molar-refractivity contribution >= 4 is 32.5 Å². The monoisotopic (exact) mass is 393 g/mol. The molecule has 26 heavy (non-hydrogen) atoms. The molecule has 0 atom stereocenters. The lowest BCUT2D eigenvalue weighted by Crippen LogP contribution is -2.30. The summed E-state index contributed by atoms with van der Waals surface area (Å²) < 4.78 is 33.9. The molecule has 138 valence electrons. The largest absolute Gasteiger partial charge is 0.492 e. The molecule has 1 N–H and O–H groups in total. The lowest BCUT2D eigenvalue weighted by atomic mass is 10.2. The van der Waals surface area contributed by atoms with Crippen molar-refractivity contribution < 1.29 is 13.2 Å². The smallest absolute Gasteiger partial charge is 0.214 e. The molecule has 0 saturated heterocycles. The van der Waals surface area contributed by atoms with E-state index in [1.165, 1.54) is 0 Å². The van der Waals surface area contributed by atoms with Gasteiger partial charge >= 0.3 is 0 Å². The lowest BCUT2D eigenvalue weighted by Gasteiger charge is -2.09. The first-order valence-corrected chi connectivity index (χ1v) is 10.3. The van der Waals surface area contributed by atoms with Gasteiger partial charge in [0.1, 0.15) is 12.4 Å². The minimum Gasteiger partial charge on any atom is -0.492 e. The summed E-state index contributed by atoms with van der Waals surface area (Å²) in [5.74, 6) is 0.578. The number of hydrogen-bond acceptors (Lipinski definition) is 4. The summed E-state index contributed by atoms with van der Waals surface area (Å²) in [4.78, 5) is 0. The molecule has 0 amide bonds. The number of ether oxygens (including phenoxy) is 1. The summed E-state index contributed by atoms with van der Waals surface area (Å²) in [5, 5.41) is 5.86. The number of fused-ring (bicyclic) bond motifs is 1. The molecule has 0 aliphatic heterocycles. The third kappa shape index (κ3) is 4.97. The predicted octanol–water partition coefficient (Wildman–Crippen LogP) is 3.08. The van der Waals surface area contributed by atoms with Crippen LogP contribution >= 0.6 is 11.6 Å². The van der Waals surface area contributed by atoms with E-state index in [4.69, 9.17) is 16.3 Å².